The van der Waals surface area contributed by atoms with Crippen molar-refractivity contribution in [2.75, 3.05) is 0 Å². The molecule has 35 heavy (non-hydrogen) atoms. The molecule has 0 fully saturated rings. The molecule has 0 atom stereocenters. The van der Waals surface area contributed by atoms with Gasteiger partial charge in [-0.15, -0.1) is 0 Å². The van der Waals surface area contributed by atoms with E-state index >= 15 is 0 Å². The molecule has 0 radical (unpaired) electrons. The normalized spacial score (nSPS) is 11.3. The fourth-order valence-electron chi connectivity index (χ4n) is 4.61. The van der Waals surface area contributed by atoms with Crippen molar-refractivity contribution >= 4 is 27.8 Å². The number of phenols is 1. The number of hydrogen-bond acceptors (Lipinski definition) is 2. The van der Waals surface area contributed by atoms with Gasteiger partial charge in [-0.3, -0.25) is 13.5 Å². The first kappa shape index (κ1) is 21.4. The van der Waals surface area contributed by atoms with Crippen molar-refractivity contribution in [3.05, 3.63) is 116 Å². The third-order valence-electron chi connectivity index (χ3n) is 6.12. The number of aromatic nitrogens is 5. The molecule has 3 heterocycles. The van der Waals surface area contributed by atoms with Gasteiger partial charge in [0.2, 0.25) is 5.78 Å². The minimum atomic E-state index is 0. The van der Waals surface area contributed by atoms with Crippen LogP contribution in [0.4, 0.5) is 0 Å². The molecule has 0 saturated carbocycles. The summed E-state index contributed by atoms with van der Waals surface area (Å²) in [6, 6.07) is 32.7. The molecule has 1 N–H and O–H groups in total. The Kier molecular flexibility index (Phi) is 5.05. The van der Waals surface area contributed by atoms with Gasteiger partial charge in [-0.05, 0) is 42.1 Å². The summed E-state index contributed by atoms with van der Waals surface area (Å²) in [6.07, 6.45) is 7.30. The second-order valence-corrected chi connectivity index (χ2v) is 8.09. The van der Waals surface area contributed by atoms with Gasteiger partial charge in [0.05, 0.1) is 27.9 Å². The van der Waals surface area contributed by atoms with E-state index in [0.29, 0.717) is 5.69 Å². The molecule has 0 bridgehead atoms. The van der Waals surface area contributed by atoms with E-state index in [1.807, 2.05) is 98.9 Å². The summed E-state index contributed by atoms with van der Waals surface area (Å²) >= 11 is 0. The summed E-state index contributed by atoms with van der Waals surface area (Å²) in [5.74, 6) is 0.943. The second kappa shape index (κ2) is 8.26. The molecule has 0 spiro atoms. The van der Waals surface area contributed by atoms with E-state index in [0.717, 1.165) is 39.2 Å². The van der Waals surface area contributed by atoms with E-state index in [9.17, 15) is 5.11 Å². The van der Waals surface area contributed by atoms with Gasteiger partial charge in [-0.1, -0.05) is 30.3 Å². The van der Waals surface area contributed by atoms with Gasteiger partial charge in [-0.2, -0.15) is 30.3 Å². The van der Waals surface area contributed by atoms with Crippen LogP contribution < -0.4 is 4.57 Å². The minimum absolute atomic E-state index is 0. The molecule has 0 saturated heterocycles. The molecule has 7 heteroatoms. The Balaban J connectivity index is 0.00000229. The van der Waals surface area contributed by atoms with E-state index in [-0.39, 0.29) is 26.8 Å². The van der Waals surface area contributed by atoms with Crippen molar-refractivity contribution in [2.24, 2.45) is 0 Å². The summed E-state index contributed by atoms with van der Waals surface area (Å²) in [5.41, 5.74) is 6.36. The first-order chi connectivity index (χ1) is 16.8. The number of fused-ring (bicyclic) bond motifs is 5. The summed E-state index contributed by atoms with van der Waals surface area (Å²) in [4.78, 5) is 5.09. The Morgan fingerprint density at radius 3 is 2.40 bits per heavy atom. The predicted molar refractivity (Wildman–Crippen MR) is 130 cm³/mol. The molecule has 3 aromatic heterocycles. The maximum atomic E-state index is 10.6. The van der Waals surface area contributed by atoms with Crippen LogP contribution in [-0.2, 0) is 21.1 Å². The van der Waals surface area contributed by atoms with Gasteiger partial charge in [0.15, 0.2) is 0 Å². The third kappa shape index (κ3) is 3.22. The molecule has 7 aromatic rings. The van der Waals surface area contributed by atoms with Crippen LogP contribution in [0.25, 0.3) is 44.9 Å². The average Bonchev–Trinajstić information content (AvgIpc) is 3.58. The van der Waals surface area contributed by atoms with Crippen LogP contribution in [0.1, 0.15) is 0 Å². The first-order valence-corrected chi connectivity index (χ1v) is 11.0. The topological polar surface area (TPSA) is 51.3 Å². The Hall–Kier alpha value is -4.15. The summed E-state index contributed by atoms with van der Waals surface area (Å²) in [7, 11) is 0. The van der Waals surface area contributed by atoms with E-state index in [2.05, 4.69) is 28.9 Å². The molecule has 7 rings (SSSR count). The summed E-state index contributed by atoms with van der Waals surface area (Å²) in [6.45, 7) is 0. The molecule has 170 valence electrons. The number of nitrogens with zero attached hydrogens (tertiary/aromatic N) is 5. The maximum Gasteiger partial charge on any atom is 2.00 e. The molecule has 0 aliphatic heterocycles. The maximum absolute atomic E-state index is 10.6. The zero-order chi connectivity index (χ0) is 22.6. The zero-order valence-electron chi connectivity index (χ0n) is 18.3. The molecular formula is C28H18N5OPt+. The molecule has 0 amide bonds. The Labute approximate surface area is 215 Å². The van der Waals surface area contributed by atoms with Gasteiger partial charge in [0, 0.05) is 12.4 Å². The van der Waals surface area contributed by atoms with E-state index in [4.69, 9.17) is 4.98 Å². The number of para-hydroxylation sites is 6. The fourth-order valence-corrected chi connectivity index (χ4v) is 4.61. The number of imidazole rings is 3. The van der Waals surface area contributed by atoms with Gasteiger partial charge >= 0.3 is 21.1 Å². The van der Waals surface area contributed by atoms with Crippen molar-refractivity contribution in [1.29, 1.82) is 0 Å². The molecular weight excluding hydrogens is 617 g/mol. The quantitative estimate of drug-likeness (QED) is 0.224. The predicted octanol–water partition coefficient (Wildman–Crippen LogP) is 4.80. The Bertz CT molecular complexity index is 1830. The Morgan fingerprint density at radius 2 is 1.57 bits per heavy atom. The van der Waals surface area contributed by atoms with E-state index in [1.54, 1.807) is 6.07 Å². The first-order valence-electron chi connectivity index (χ1n) is 11.0. The van der Waals surface area contributed by atoms with Crippen LogP contribution in [0, 0.1) is 12.4 Å². The van der Waals surface area contributed by atoms with Crippen LogP contribution in [0.15, 0.2) is 103 Å². The van der Waals surface area contributed by atoms with E-state index in [1.165, 1.54) is 0 Å². The summed E-state index contributed by atoms with van der Waals surface area (Å²) < 4.78 is 8.00. The third-order valence-corrected chi connectivity index (χ3v) is 6.12. The van der Waals surface area contributed by atoms with Gasteiger partial charge in [0.1, 0.15) is 11.3 Å². The standard InChI is InChI=1S/C28H18N5O.Pt/c34-26-16-7-6-13-23(26)32-21-11-4-5-12-22(21)33-25-15-8-14-24(27(25)29-28(32)33)31-18-17-30(19-31)20-9-2-1-3-10-20;/h1-9,11-18,34H;/q-1;+2. The Morgan fingerprint density at radius 1 is 0.800 bits per heavy atom. The number of benzene rings is 4. The van der Waals surface area contributed by atoms with Gasteiger partial charge < -0.3 is 9.67 Å². The van der Waals surface area contributed by atoms with E-state index < -0.39 is 0 Å². The number of phenolic OH excluding ortho intramolecular Hbond substituents is 1. The zero-order valence-corrected chi connectivity index (χ0v) is 20.6. The van der Waals surface area contributed by atoms with Crippen molar-refractivity contribution in [1.82, 2.24) is 18.5 Å². The summed E-state index contributed by atoms with van der Waals surface area (Å²) in [5, 5.41) is 10.6. The van der Waals surface area contributed by atoms with Crippen molar-refractivity contribution < 1.29 is 30.7 Å². The van der Waals surface area contributed by atoms with Crippen LogP contribution in [0.3, 0.4) is 0 Å². The second-order valence-electron chi connectivity index (χ2n) is 8.09. The number of aromatic hydroxyl groups is 1. The molecule has 0 aliphatic rings. The van der Waals surface area contributed by atoms with Crippen molar-refractivity contribution in [2.45, 2.75) is 0 Å². The fraction of sp³-hybridized carbons (Fsp3) is 0. The smallest absolute Gasteiger partial charge is 0.506 e. The molecule has 0 unspecified atom stereocenters. The average molecular weight is 636 g/mol. The van der Waals surface area contributed by atoms with Crippen LogP contribution in [0.5, 0.6) is 5.75 Å². The van der Waals surface area contributed by atoms with Crippen LogP contribution in [0.2, 0.25) is 0 Å². The van der Waals surface area contributed by atoms with Crippen molar-refractivity contribution in [3.63, 3.8) is 0 Å². The molecule has 6 nitrogen and oxygen atoms in total. The monoisotopic (exact) mass is 635 g/mol. The number of hydrogen-bond donors (Lipinski definition) is 1. The number of rotatable bonds is 3. The minimum Gasteiger partial charge on any atom is -0.506 e. The van der Waals surface area contributed by atoms with Gasteiger partial charge in [-0.25, -0.2) is 4.98 Å². The largest absolute Gasteiger partial charge is 2.00 e. The van der Waals surface area contributed by atoms with Crippen LogP contribution in [-0.4, -0.2) is 23.6 Å². The van der Waals surface area contributed by atoms with Crippen molar-refractivity contribution in [3.8, 4) is 22.8 Å². The molecule has 4 aromatic carbocycles. The SMILES string of the molecule is Oc1ccccc1-n1c2ccccc2n2c3cccc(-[n+]4[c-]n(-c5[c-]cccc5)cc4)c3nc12.[Pt+2]. The molecule has 0 aliphatic carbocycles. The van der Waals surface area contributed by atoms with Crippen LogP contribution >= 0.6 is 0 Å². The van der Waals surface area contributed by atoms with Gasteiger partial charge in [0.25, 0.3) is 6.33 Å².